The molecule has 4 rings (SSSR count). The minimum Gasteiger partial charge on any atom is -0.493 e. The van der Waals surface area contributed by atoms with E-state index in [-0.39, 0.29) is 0 Å². The highest BCUT2D eigenvalue weighted by atomic mass is 16.5. The van der Waals surface area contributed by atoms with Gasteiger partial charge in [-0.05, 0) is 85.3 Å². The molecule has 1 fully saturated rings. The van der Waals surface area contributed by atoms with Crippen molar-refractivity contribution < 1.29 is 14.2 Å². The van der Waals surface area contributed by atoms with Crippen LogP contribution in [0.25, 0.3) is 5.57 Å². The fourth-order valence-corrected chi connectivity index (χ4v) is 4.16. The molecule has 1 saturated heterocycles. The molecular formula is C26H35NO3. The van der Waals surface area contributed by atoms with Crippen molar-refractivity contribution in [2.24, 2.45) is 0 Å². The van der Waals surface area contributed by atoms with Crippen LogP contribution in [-0.2, 0) is 6.42 Å². The summed E-state index contributed by atoms with van der Waals surface area (Å²) in [4.78, 5) is 2.47. The molecule has 30 heavy (non-hydrogen) atoms. The highest BCUT2D eigenvalue weighted by Crippen LogP contribution is 2.39. The zero-order chi connectivity index (χ0) is 21.3. The number of allylic oxidation sites excluding steroid dienone is 1. The second-order valence-electron chi connectivity index (χ2n) is 7.44. The van der Waals surface area contributed by atoms with Gasteiger partial charge in [0.05, 0.1) is 14.2 Å². The summed E-state index contributed by atoms with van der Waals surface area (Å²) >= 11 is 0. The molecule has 0 saturated carbocycles. The summed E-state index contributed by atoms with van der Waals surface area (Å²) in [5, 5.41) is 0. The van der Waals surface area contributed by atoms with E-state index in [4.69, 9.17) is 14.2 Å². The Bertz CT molecular complexity index is 836. The molecule has 0 N–H and O–H groups in total. The van der Waals surface area contributed by atoms with Gasteiger partial charge in [0.2, 0.25) is 0 Å². The molecular weight excluding hydrogens is 374 g/mol. The number of likely N-dealkylation sites (tertiary alicyclic amines) is 1. The predicted molar refractivity (Wildman–Crippen MR) is 124 cm³/mol. The lowest BCUT2D eigenvalue weighted by atomic mass is 9.86. The fourth-order valence-electron chi connectivity index (χ4n) is 4.16. The van der Waals surface area contributed by atoms with E-state index in [1.165, 1.54) is 48.2 Å². The van der Waals surface area contributed by atoms with E-state index < -0.39 is 0 Å². The smallest absolute Gasteiger partial charge is 0.161 e. The zero-order valence-electron chi connectivity index (χ0n) is 18.9. The minimum absolute atomic E-state index is 0.752. The van der Waals surface area contributed by atoms with E-state index in [1.54, 1.807) is 14.2 Å². The first-order valence-corrected chi connectivity index (χ1v) is 11.2. The topological polar surface area (TPSA) is 30.9 Å². The Labute approximate surface area is 181 Å². The van der Waals surface area contributed by atoms with Crippen LogP contribution in [0.2, 0.25) is 0 Å². The number of fused-ring (bicyclic) bond motifs is 1. The van der Waals surface area contributed by atoms with Crippen LogP contribution in [-0.4, -0.2) is 45.4 Å². The van der Waals surface area contributed by atoms with Crippen LogP contribution in [0.4, 0.5) is 0 Å². The van der Waals surface area contributed by atoms with E-state index in [2.05, 4.69) is 47.4 Å². The van der Waals surface area contributed by atoms with E-state index >= 15 is 0 Å². The molecule has 1 aliphatic heterocycles. The van der Waals surface area contributed by atoms with Crippen LogP contribution < -0.4 is 14.2 Å². The monoisotopic (exact) mass is 409 g/mol. The van der Waals surface area contributed by atoms with Gasteiger partial charge in [-0.1, -0.05) is 32.1 Å². The summed E-state index contributed by atoms with van der Waals surface area (Å²) in [6.07, 6.45) is 7.02. The quantitative estimate of drug-likeness (QED) is 0.597. The number of aryl methyl sites for hydroxylation is 1. The summed E-state index contributed by atoms with van der Waals surface area (Å²) in [7, 11) is 3.37. The van der Waals surface area contributed by atoms with Gasteiger partial charge in [0.1, 0.15) is 12.4 Å². The van der Waals surface area contributed by atoms with Gasteiger partial charge in [-0.25, -0.2) is 0 Å². The molecule has 0 spiro atoms. The summed E-state index contributed by atoms with van der Waals surface area (Å²) in [6.45, 7) is 8.19. The van der Waals surface area contributed by atoms with Crippen molar-refractivity contribution in [3.05, 3.63) is 59.2 Å². The average molecular weight is 410 g/mol. The van der Waals surface area contributed by atoms with Crippen LogP contribution in [0.1, 0.15) is 49.8 Å². The van der Waals surface area contributed by atoms with Gasteiger partial charge in [-0.2, -0.15) is 0 Å². The number of hydrogen-bond donors (Lipinski definition) is 0. The van der Waals surface area contributed by atoms with Crippen LogP contribution in [0.15, 0.2) is 42.5 Å². The van der Waals surface area contributed by atoms with E-state index in [0.29, 0.717) is 0 Å². The maximum absolute atomic E-state index is 5.95. The van der Waals surface area contributed by atoms with Gasteiger partial charge in [0.25, 0.3) is 0 Å². The third-order valence-electron chi connectivity index (χ3n) is 5.70. The van der Waals surface area contributed by atoms with Crippen LogP contribution >= 0.6 is 0 Å². The van der Waals surface area contributed by atoms with Crippen LogP contribution in [0, 0.1) is 0 Å². The Morgan fingerprint density at radius 3 is 2.23 bits per heavy atom. The molecule has 1 aliphatic carbocycles. The molecule has 0 aromatic heterocycles. The molecule has 0 unspecified atom stereocenters. The molecule has 1 heterocycles. The molecule has 0 atom stereocenters. The summed E-state index contributed by atoms with van der Waals surface area (Å²) in [5.74, 6) is 2.51. The first kappa shape index (κ1) is 22.2. The minimum atomic E-state index is 0.752. The van der Waals surface area contributed by atoms with Crippen LogP contribution in [0.3, 0.4) is 0 Å². The third kappa shape index (κ3) is 5.17. The normalized spacial score (nSPS) is 15.5. The lowest BCUT2D eigenvalue weighted by Gasteiger charge is -2.21. The van der Waals surface area contributed by atoms with E-state index in [0.717, 1.165) is 43.2 Å². The predicted octanol–water partition coefficient (Wildman–Crippen LogP) is 5.58. The summed E-state index contributed by atoms with van der Waals surface area (Å²) < 4.78 is 16.9. The number of rotatable bonds is 7. The van der Waals surface area contributed by atoms with Crippen molar-refractivity contribution >= 4 is 5.57 Å². The second kappa shape index (κ2) is 11.1. The van der Waals surface area contributed by atoms with Crippen molar-refractivity contribution in [2.75, 3.05) is 40.5 Å². The number of ether oxygens (including phenoxy) is 3. The summed E-state index contributed by atoms with van der Waals surface area (Å²) in [6, 6.07) is 12.7. The number of methoxy groups -OCH3 is 2. The molecule has 2 aromatic rings. The van der Waals surface area contributed by atoms with E-state index in [9.17, 15) is 0 Å². The molecule has 0 bridgehead atoms. The van der Waals surface area contributed by atoms with Crippen molar-refractivity contribution in [3.63, 3.8) is 0 Å². The van der Waals surface area contributed by atoms with Crippen molar-refractivity contribution in [1.82, 2.24) is 4.90 Å². The highest BCUT2D eigenvalue weighted by molar-refractivity contribution is 5.84. The SMILES string of the molecule is CC.COc1cc2c(cc1OC)C(c1ccc(OCCN3CCCC3)cc1)=CCC2. The number of hydrogen-bond acceptors (Lipinski definition) is 4. The molecule has 2 aromatic carbocycles. The Balaban J connectivity index is 0.00000124. The lowest BCUT2D eigenvalue weighted by molar-refractivity contribution is 0.238. The van der Waals surface area contributed by atoms with E-state index in [1.807, 2.05) is 13.8 Å². The Morgan fingerprint density at radius 2 is 1.57 bits per heavy atom. The fraction of sp³-hybridized carbons (Fsp3) is 0.462. The standard InChI is InChI=1S/C24H29NO3.C2H6/c1-26-23-16-19-6-5-7-21(22(19)17-24(23)27-2)18-8-10-20(11-9-18)28-15-14-25-12-3-4-13-25;1-2/h7-11,16-17H,3-6,12-15H2,1-2H3;1-2H3. The first-order chi connectivity index (χ1) is 14.8. The van der Waals surface area contributed by atoms with Gasteiger partial charge in [0, 0.05) is 6.54 Å². The Morgan fingerprint density at radius 1 is 0.900 bits per heavy atom. The van der Waals surface area contributed by atoms with Gasteiger partial charge in [0.15, 0.2) is 11.5 Å². The Kier molecular flexibility index (Phi) is 8.21. The van der Waals surface area contributed by atoms with Crippen molar-refractivity contribution in [2.45, 2.75) is 39.5 Å². The van der Waals surface area contributed by atoms with Crippen molar-refractivity contribution in [3.8, 4) is 17.2 Å². The molecule has 0 radical (unpaired) electrons. The van der Waals surface area contributed by atoms with Crippen molar-refractivity contribution in [1.29, 1.82) is 0 Å². The largest absolute Gasteiger partial charge is 0.493 e. The van der Waals surface area contributed by atoms with Gasteiger partial charge in [-0.3, -0.25) is 4.90 Å². The molecule has 4 heteroatoms. The molecule has 4 nitrogen and oxygen atoms in total. The molecule has 162 valence electrons. The maximum atomic E-state index is 5.95. The highest BCUT2D eigenvalue weighted by Gasteiger charge is 2.18. The second-order valence-corrected chi connectivity index (χ2v) is 7.44. The maximum Gasteiger partial charge on any atom is 0.161 e. The number of benzene rings is 2. The van der Waals surface area contributed by atoms with Crippen LogP contribution in [0.5, 0.6) is 17.2 Å². The molecule has 0 amide bonds. The molecule has 2 aliphatic rings. The van der Waals surface area contributed by atoms with Gasteiger partial charge < -0.3 is 14.2 Å². The average Bonchev–Trinajstić information content (AvgIpc) is 3.33. The first-order valence-electron chi connectivity index (χ1n) is 11.2. The van der Waals surface area contributed by atoms with Gasteiger partial charge >= 0.3 is 0 Å². The van der Waals surface area contributed by atoms with Gasteiger partial charge in [-0.15, -0.1) is 0 Å². The third-order valence-corrected chi connectivity index (χ3v) is 5.70. The lowest BCUT2D eigenvalue weighted by Crippen LogP contribution is -2.25. The summed E-state index contributed by atoms with van der Waals surface area (Å²) in [5.41, 5.74) is 5.00. The Hall–Kier alpha value is -2.46. The number of nitrogens with zero attached hydrogens (tertiary/aromatic N) is 1. The zero-order valence-corrected chi connectivity index (χ0v) is 18.9.